The molecule has 3 N–H and O–H groups in total. The van der Waals surface area contributed by atoms with Crippen LogP contribution < -0.4 is 16.0 Å². The zero-order valence-corrected chi connectivity index (χ0v) is 17.0. The molecule has 0 aliphatic carbocycles. The van der Waals surface area contributed by atoms with Gasteiger partial charge in [-0.1, -0.05) is 24.3 Å². The highest BCUT2D eigenvalue weighted by Crippen LogP contribution is 2.27. The third-order valence-electron chi connectivity index (χ3n) is 4.46. The molecule has 3 rings (SSSR count). The second-order valence-corrected chi connectivity index (χ2v) is 7.11. The minimum absolute atomic E-state index is 0. The monoisotopic (exact) mass is 405 g/mol. The van der Waals surface area contributed by atoms with Crippen molar-refractivity contribution in [1.82, 2.24) is 10.6 Å². The third-order valence-corrected chi connectivity index (χ3v) is 5.23. The number of halogens is 1. The Balaban J connectivity index is 0.00000261. The van der Waals surface area contributed by atoms with Gasteiger partial charge in [0.1, 0.15) is 0 Å². The van der Waals surface area contributed by atoms with Gasteiger partial charge in [0, 0.05) is 30.0 Å². The summed E-state index contributed by atoms with van der Waals surface area (Å²) in [7, 11) is 0. The molecule has 0 saturated carbocycles. The normalized spacial score (nSPS) is 15.3. The Morgan fingerprint density at radius 3 is 2.74 bits per heavy atom. The lowest BCUT2D eigenvalue weighted by Gasteiger charge is -2.27. The number of hydrogen-bond donors (Lipinski definition) is 3. The molecule has 0 bridgehead atoms. The number of fused-ring (bicyclic) bond motifs is 1. The van der Waals surface area contributed by atoms with Crippen LogP contribution >= 0.6 is 24.2 Å². The smallest absolute Gasteiger partial charge is 0.251 e. The van der Waals surface area contributed by atoms with E-state index >= 15 is 0 Å². The van der Waals surface area contributed by atoms with Crippen molar-refractivity contribution in [1.29, 1.82) is 0 Å². The SMILES string of the molecule is CSc1cc(C(=O)NCC2NCCc3ccccc32)ccc1NC(C)=O.Cl. The predicted molar refractivity (Wildman–Crippen MR) is 113 cm³/mol. The molecule has 0 radical (unpaired) electrons. The van der Waals surface area contributed by atoms with E-state index in [0.29, 0.717) is 12.1 Å². The fraction of sp³-hybridized carbons (Fsp3) is 0.300. The Labute approximate surface area is 170 Å². The first-order valence-corrected chi connectivity index (χ1v) is 9.86. The summed E-state index contributed by atoms with van der Waals surface area (Å²) in [5, 5.41) is 9.28. The third kappa shape index (κ3) is 5.25. The maximum atomic E-state index is 12.6. The number of rotatable bonds is 5. The number of amides is 2. The molecule has 5 nitrogen and oxygen atoms in total. The number of thioether (sulfide) groups is 1. The number of anilines is 1. The van der Waals surface area contributed by atoms with Crippen LogP contribution in [0.2, 0.25) is 0 Å². The minimum atomic E-state index is -0.125. The van der Waals surface area contributed by atoms with Crippen LogP contribution in [0.1, 0.15) is 34.5 Å². The topological polar surface area (TPSA) is 70.2 Å². The van der Waals surface area contributed by atoms with Gasteiger partial charge in [0.05, 0.1) is 5.69 Å². The molecule has 0 aromatic heterocycles. The summed E-state index contributed by atoms with van der Waals surface area (Å²) in [4.78, 5) is 24.7. The van der Waals surface area contributed by atoms with Gasteiger partial charge in [-0.2, -0.15) is 0 Å². The van der Waals surface area contributed by atoms with Gasteiger partial charge in [-0.3, -0.25) is 9.59 Å². The standard InChI is InChI=1S/C20H23N3O2S.ClH/c1-13(24)23-17-8-7-15(11-19(17)26-2)20(25)22-12-18-16-6-4-3-5-14(16)9-10-21-18;/h3-8,11,18,21H,9-10,12H2,1-2H3,(H,22,25)(H,23,24);1H. The number of carbonyl (C=O) groups is 2. The molecule has 27 heavy (non-hydrogen) atoms. The summed E-state index contributed by atoms with van der Waals surface area (Å²) < 4.78 is 0. The van der Waals surface area contributed by atoms with Crippen molar-refractivity contribution in [3.63, 3.8) is 0 Å². The fourth-order valence-electron chi connectivity index (χ4n) is 3.20. The van der Waals surface area contributed by atoms with Crippen LogP contribution in [0, 0.1) is 0 Å². The van der Waals surface area contributed by atoms with Gasteiger partial charge in [0.25, 0.3) is 5.91 Å². The van der Waals surface area contributed by atoms with Crippen molar-refractivity contribution in [3.05, 3.63) is 59.2 Å². The first kappa shape index (κ1) is 21.3. The van der Waals surface area contributed by atoms with Crippen molar-refractivity contribution in [2.24, 2.45) is 0 Å². The zero-order valence-electron chi connectivity index (χ0n) is 15.4. The lowest BCUT2D eigenvalue weighted by Crippen LogP contribution is -2.38. The lowest BCUT2D eigenvalue weighted by molar-refractivity contribution is -0.114. The molecule has 2 amide bonds. The van der Waals surface area contributed by atoms with Gasteiger partial charge in [-0.15, -0.1) is 24.2 Å². The second kappa shape index (κ2) is 9.78. The molecule has 2 aromatic rings. The Kier molecular flexibility index (Phi) is 7.71. The van der Waals surface area contributed by atoms with E-state index in [9.17, 15) is 9.59 Å². The van der Waals surface area contributed by atoms with Gasteiger partial charge >= 0.3 is 0 Å². The summed E-state index contributed by atoms with van der Waals surface area (Å²) in [6.45, 7) is 2.93. The molecule has 144 valence electrons. The highest BCUT2D eigenvalue weighted by Gasteiger charge is 2.20. The Morgan fingerprint density at radius 1 is 1.22 bits per heavy atom. The van der Waals surface area contributed by atoms with Gasteiger partial charge in [0.15, 0.2) is 0 Å². The summed E-state index contributed by atoms with van der Waals surface area (Å²) in [6.07, 6.45) is 2.94. The fourth-order valence-corrected chi connectivity index (χ4v) is 3.78. The Bertz CT molecular complexity index is 829. The number of hydrogen-bond acceptors (Lipinski definition) is 4. The van der Waals surface area contributed by atoms with Gasteiger partial charge < -0.3 is 16.0 Å². The molecule has 1 atom stereocenters. The van der Waals surface area contributed by atoms with E-state index in [0.717, 1.165) is 23.5 Å². The molecule has 1 aliphatic heterocycles. The molecule has 1 unspecified atom stereocenters. The van der Waals surface area contributed by atoms with Crippen molar-refractivity contribution in [3.8, 4) is 0 Å². The van der Waals surface area contributed by atoms with Crippen LogP contribution in [-0.4, -0.2) is 31.2 Å². The van der Waals surface area contributed by atoms with Crippen LogP contribution in [0.15, 0.2) is 47.4 Å². The summed E-state index contributed by atoms with van der Waals surface area (Å²) in [5.74, 6) is -0.237. The van der Waals surface area contributed by atoms with E-state index in [2.05, 4.69) is 34.1 Å². The highest BCUT2D eigenvalue weighted by molar-refractivity contribution is 7.98. The van der Waals surface area contributed by atoms with Crippen molar-refractivity contribution >= 4 is 41.7 Å². The van der Waals surface area contributed by atoms with Gasteiger partial charge in [0.2, 0.25) is 5.91 Å². The first-order valence-electron chi connectivity index (χ1n) is 8.63. The minimum Gasteiger partial charge on any atom is -0.350 e. The largest absolute Gasteiger partial charge is 0.350 e. The molecular formula is C20H24ClN3O2S. The van der Waals surface area contributed by atoms with Crippen molar-refractivity contribution < 1.29 is 9.59 Å². The number of nitrogens with one attached hydrogen (secondary N) is 3. The molecule has 7 heteroatoms. The Morgan fingerprint density at radius 2 is 2.00 bits per heavy atom. The summed E-state index contributed by atoms with van der Waals surface area (Å²) in [5.41, 5.74) is 3.91. The second-order valence-electron chi connectivity index (χ2n) is 6.26. The quantitative estimate of drug-likeness (QED) is 0.667. The highest BCUT2D eigenvalue weighted by atomic mass is 35.5. The van der Waals surface area contributed by atoms with E-state index < -0.39 is 0 Å². The summed E-state index contributed by atoms with van der Waals surface area (Å²) in [6, 6.07) is 13.8. The van der Waals surface area contributed by atoms with E-state index in [1.54, 1.807) is 12.1 Å². The van der Waals surface area contributed by atoms with Crippen molar-refractivity contribution in [2.75, 3.05) is 24.7 Å². The first-order chi connectivity index (χ1) is 12.6. The van der Waals surface area contributed by atoms with E-state index in [1.807, 2.05) is 18.4 Å². The number of carbonyl (C=O) groups excluding carboxylic acids is 2. The Hall–Kier alpha value is -2.02. The van der Waals surface area contributed by atoms with E-state index in [4.69, 9.17) is 0 Å². The maximum Gasteiger partial charge on any atom is 0.251 e. The molecule has 1 aliphatic rings. The molecular weight excluding hydrogens is 382 g/mol. The van der Waals surface area contributed by atoms with Gasteiger partial charge in [-0.05, 0) is 48.5 Å². The summed E-state index contributed by atoms with van der Waals surface area (Å²) >= 11 is 1.50. The number of benzene rings is 2. The lowest BCUT2D eigenvalue weighted by atomic mass is 9.94. The van der Waals surface area contributed by atoms with E-state index in [1.165, 1.54) is 29.8 Å². The predicted octanol–water partition coefficient (Wildman–Crippen LogP) is 3.41. The molecule has 0 spiro atoms. The van der Waals surface area contributed by atoms with Crippen LogP contribution in [0.3, 0.4) is 0 Å². The average Bonchev–Trinajstić information content (AvgIpc) is 2.66. The van der Waals surface area contributed by atoms with Crippen LogP contribution in [-0.2, 0) is 11.2 Å². The van der Waals surface area contributed by atoms with Crippen LogP contribution in [0.5, 0.6) is 0 Å². The average molecular weight is 406 g/mol. The van der Waals surface area contributed by atoms with Crippen molar-refractivity contribution in [2.45, 2.75) is 24.3 Å². The molecule has 2 aromatic carbocycles. The van der Waals surface area contributed by atoms with E-state index in [-0.39, 0.29) is 30.3 Å². The van der Waals surface area contributed by atoms with Crippen LogP contribution in [0.4, 0.5) is 5.69 Å². The van der Waals surface area contributed by atoms with Gasteiger partial charge in [-0.25, -0.2) is 0 Å². The maximum absolute atomic E-state index is 12.6. The zero-order chi connectivity index (χ0) is 18.5. The van der Waals surface area contributed by atoms with Crippen LogP contribution in [0.25, 0.3) is 0 Å². The molecule has 1 heterocycles. The molecule has 0 fully saturated rings. The molecule has 0 saturated heterocycles.